The summed E-state index contributed by atoms with van der Waals surface area (Å²) >= 11 is 0. The molecule has 0 unspecified atom stereocenters. The van der Waals surface area contributed by atoms with Gasteiger partial charge in [-0.2, -0.15) is 0 Å². The van der Waals surface area contributed by atoms with Gasteiger partial charge in [-0.15, -0.1) is 0 Å². The Kier molecular flexibility index (Phi) is 4.41. The van der Waals surface area contributed by atoms with Crippen LogP contribution in [0, 0.1) is 5.92 Å². The van der Waals surface area contributed by atoms with Crippen molar-refractivity contribution >= 4 is 17.8 Å². The van der Waals surface area contributed by atoms with Gasteiger partial charge >= 0.3 is 6.03 Å². The maximum atomic E-state index is 12.8. The summed E-state index contributed by atoms with van der Waals surface area (Å²) in [6.45, 7) is 3.32. The van der Waals surface area contributed by atoms with Crippen molar-refractivity contribution in [3.05, 3.63) is 29.8 Å². The Morgan fingerprint density at radius 2 is 2.00 bits per heavy atom. The molecule has 1 aromatic carbocycles. The Hall–Kier alpha value is -2.57. The van der Waals surface area contributed by atoms with Crippen molar-refractivity contribution in [2.45, 2.75) is 38.3 Å². The highest BCUT2D eigenvalue weighted by Gasteiger charge is 2.49. The molecule has 25 heavy (non-hydrogen) atoms. The Bertz CT molecular complexity index is 699. The van der Waals surface area contributed by atoms with Crippen LogP contribution in [0.5, 0.6) is 5.75 Å². The number of nitrogens with one attached hydrogen (secondary N) is 2. The van der Waals surface area contributed by atoms with Gasteiger partial charge < -0.3 is 15.4 Å². The average Bonchev–Trinajstić information content (AvgIpc) is 3.41. The molecule has 2 fully saturated rings. The smallest absolute Gasteiger partial charge is 0.325 e. The lowest BCUT2D eigenvalue weighted by atomic mass is 9.92. The van der Waals surface area contributed by atoms with Crippen molar-refractivity contribution in [2.75, 3.05) is 13.7 Å². The van der Waals surface area contributed by atoms with Crippen molar-refractivity contribution in [3.63, 3.8) is 0 Å². The Labute approximate surface area is 146 Å². The van der Waals surface area contributed by atoms with Crippen LogP contribution in [0.25, 0.3) is 0 Å². The SMILES string of the molecule is COc1ccc([C@]2(C)NC(=O)N(CC(=O)N[C@H](C)C3CC3)C2=O)cc1. The zero-order chi connectivity index (χ0) is 18.2. The van der Waals surface area contributed by atoms with Gasteiger partial charge in [0.05, 0.1) is 7.11 Å². The van der Waals surface area contributed by atoms with Crippen LogP contribution < -0.4 is 15.4 Å². The fraction of sp³-hybridized carbons (Fsp3) is 0.500. The lowest BCUT2D eigenvalue weighted by molar-refractivity contribution is -0.135. The minimum atomic E-state index is -1.19. The molecule has 0 bridgehead atoms. The van der Waals surface area contributed by atoms with E-state index in [1.54, 1.807) is 38.3 Å². The van der Waals surface area contributed by atoms with Gasteiger partial charge in [-0.3, -0.25) is 14.5 Å². The monoisotopic (exact) mass is 345 g/mol. The van der Waals surface area contributed by atoms with E-state index in [-0.39, 0.29) is 18.5 Å². The van der Waals surface area contributed by atoms with Crippen LogP contribution in [0.4, 0.5) is 4.79 Å². The number of ether oxygens (including phenoxy) is 1. The molecule has 1 heterocycles. The van der Waals surface area contributed by atoms with E-state index in [4.69, 9.17) is 4.74 Å². The maximum absolute atomic E-state index is 12.8. The molecular formula is C18H23N3O4. The number of imide groups is 1. The van der Waals surface area contributed by atoms with Gasteiger partial charge in [0.15, 0.2) is 0 Å². The number of carbonyl (C=O) groups is 3. The van der Waals surface area contributed by atoms with Crippen LogP contribution in [0.3, 0.4) is 0 Å². The Balaban J connectivity index is 1.70. The summed E-state index contributed by atoms with van der Waals surface area (Å²) < 4.78 is 5.11. The minimum absolute atomic E-state index is 0.0706. The third-order valence-electron chi connectivity index (χ3n) is 4.96. The summed E-state index contributed by atoms with van der Waals surface area (Å²) in [7, 11) is 1.56. The normalized spacial score (nSPS) is 24.0. The highest BCUT2D eigenvalue weighted by molar-refractivity contribution is 6.09. The van der Waals surface area contributed by atoms with E-state index >= 15 is 0 Å². The number of methoxy groups -OCH3 is 1. The van der Waals surface area contributed by atoms with Crippen molar-refractivity contribution in [2.24, 2.45) is 5.92 Å². The average molecular weight is 345 g/mol. The fourth-order valence-electron chi connectivity index (χ4n) is 3.12. The highest BCUT2D eigenvalue weighted by atomic mass is 16.5. The summed E-state index contributed by atoms with van der Waals surface area (Å²) in [6, 6.07) is 6.43. The molecule has 3 rings (SSSR count). The predicted molar refractivity (Wildman–Crippen MR) is 90.9 cm³/mol. The van der Waals surface area contributed by atoms with Gasteiger partial charge in [-0.05, 0) is 50.3 Å². The second-order valence-electron chi connectivity index (χ2n) is 6.87. The quantitative estimate of drug-likeness (QED) is 0.763. The Morgan fingerprint density at radius 3 is 2.56 bits per heavy atom. The lowest BCUT2D eigenvalue weighted by Crippen LogP contribution is -2.45. The van der Waals surface area contributed by atoms with E-state index in [1.165, 1.54) is 0 Å². The summed E-state index contributed by atoms with van der Waals surface area (Å²) in [6.07, 6.45) is 2.22. The predicted octanol–water partition coefficient (Wildman–Crippen LogP) is 1.38. The molecule has 1 aliphatic heterocycles. The molecule has 0 spiro atoms. The van der Waals surface area contributed by atoms with Crippen molar-refractivity contribution in [1.29, 1.82) is 0 Å². The summed E-state index contributed by atoms with van der Waals surface area (Å²) in [4.78, 5) is 38.2. The second-order valence-corrected chi connectivity index (χ2v) is 6.87. The molecule has 1 aliphatic carbocycles. The van der Waals surface area contributed by atoms with E-state index in [1.807, 2.05) is 6.92 Å². The second kappa shape index (κ2) is 6.38. The number of hydrogen-bond donors (Lipinski definition) is 2. The largest absolute Gasteiger partial charge is 0.497 e. The van der Waals surface area contributed by atoms with Crippen molar-refractivity contribution in [3.8, 4) is 5.75 Å². The van der Waals surface area contributed by atoms with Crippen LogP contribution >= 0.6 is 0 Å². The topological polar surface area (TPSA) is 87.7 Å². The molecule has 4 amide bonds. The van der Waals surface area contributed by atoms with E-state index in [9.17, 15) is 14.4 Å². The van der Waals surface area contributed by atoms with Gasteiger partial charge in [-0.1, -0.05) is 12.1 Å². The third kappa shape index (κ3) is 3.31. The van der Waals surface area contributed by atoms with Crippen molar-refractivity contribution < 1.29 is 19.1 Å². The third-order valence-corrected chi connectivity index (χ3v) is 4.96. The molecular weight excluding hydrogens is 322 g/mol. The molecule has 7 heteroatoms. The highest BCUT2D eigenvalue weighted by Crippen LogP contribution is 2.32. The zero-order valence-electron chi connectivity index (χ0n) is 14.7. The minimum Gasteiger partial charge on any atom is -0.497 e. The molecule has 1 saturated carbocycles. The summed E-state index contributed by atoms with van der Waals surface area (Å²) in [5.41, 5.74) is -0.549. The first kappa shape index (κ1) is 17.3. The zero-order valence-corrected chi connectivity index (χ0v) is 14.7. The van der Waals surface area contributed by atoms with Crippen LogP contribution in [-0.2, 0) is 15.1 Å². The van der Waals surface area contributed by atoms with Crippen LogP contribution in [0.2, 0.25) is 0 Å². The standard InChI is InChI=1S/C18H23N3O4/c1-11(12-4-5-12)19-15(22)10-21-16(23)18(2,20-17(21)24)13-6-8-14(25-3)9-7-13/h6-9,11-12H,4-5,10H2,1-3H3,(H,19,22)(H,20,24)/t11-,18+/m1/s1. The number of hydrogen-bond acceptors (Lipinski definition) is 4. The first-order valence-corrected chi connectivity index (χ1v) is 8.43. The fourth-order valence-corrected chi connectivity index (χ4v) is 3.12. The van der Waals surface area contributed by atoms with Gasteiger partial charge in [0.25, 0.3) is 5.91 Å². The van der Waals surface area contributed by atoms with Crippen LogP contribution in [-0.4, -0.2) is 42.4 Å². The first-order valence-electron chi connectivity index (χ1n) is 8.43. The maximum Gasteiger partial charge on any atom is 0.325 e. The van der Waals surface area contributed by atoms with Crippen LogP contribution in [0.15, 0.2) is 24.3 Å². The van der Waals surface area contributed by atoms with Gasteiger partial charge in [0.2, 0.25) is 5.91 Å². The molecule has 134 valence electrons. The number of rotatable bonds is 6. The number of urea groups is 1. The molecule has 1 saturated heterocycles. The van der Waals surface area contributed by atoms with Gasteiger partial charge in [0.1, 0.15) is 17.8 Å². The summed E-state index contributed by atoms with van der Waals surface area (Å²) in [5, 5.41) is 5.56. The van der Waals surface area contributed by atoms with Gasteiger partial charge in [-0.25, -0.2) is 4.79 Å². The lowest BCUT2D eigenvalue weighted by Gasteiger charge is -2.22. The van der Waals surface area contributed by atoms with Gasteiger partial charge in [0, 0.05) is 6.04 Å². The van der Waals surface area contributed by atoms with E-state index < -0.39 is 17.5 Å². The number of benzene rings is 1. The molecule has 2 atom stereocenters. The molecule has 0 aromatic heterocycles. The number of amides is 4. The van der Waals surface area contributed by atoms with E-state index in [2.05, 4.69) is 10.6 Å². The van der Waals surface area contributed by atoms with E-state index in [0.717, 1.165) is 17.7 Å². The van der Waals surface area contributed by atoms with Crippen LogP contribution in [0.1, 0.15) is 32.3 Å². The molecule has 7 nitrogen and oxygen atoms in total. The van der Waals surface area contributed by atoms with E-state index in [0.29, 0.717) is 17.2 Å². The van der Waals surface area contributed by atoms with Crippen molar-refractivity contribution in [1.82, 2.24) is 15.5 Å². The molecule has 2 N–H and O–H groups in total. The first-order chi connectivity index (χ1) is 11.8. The Morgan fingerprint density at radius 1 is 1.36 bits per heavy atom. The summed E-state index contributed by atoms with van der Waals surface area (Å²) in [5.74, 6) is 0.421. The molecule has 0 radical (unpaired) electrons. The molecule has 1 aromatic rings. The molecule has 2 aliphatic rings. The number of carbonyl (C=O) groups excluding carboxylic acids is 3. The number of nitrogens with zero attached hydrogens (tertiary/aromatic N) is 1.